The van der Waals surface area contributed by atoms with Crippen molar-refractivity contribution in [3.8, 4) is 5.75 Å². The van der Waals surface area contributed by atoms with Gasteiger partial charge in [0, 0.05) is 13.1 Å². The number of carboxylic acid groups (broad SMARTS) is 1. The number of methoxy groups -OCH3 is 1. The van der Waals surface area contributed by atoms with Crippen LogP contribution in [0, 0.1) is 24.7 Å². The molecule has 21 heavy (non-hydrogen) atoms. The van der Waals surface area contributed by atoms with Crippen LogP contribution in [0.1, 0.15) is 22.3 Å². The zero-order valence-electron chi connectivity index (χ0n) is 12.2. The van der Waals surface area contributed by atoms with Crippen molar-refractivity contribution >= 4 is 11.9 Å². The highest BCUT2D eigenvalue weighted by molar-refractivity contribution is 5.98. The quantitative estimate of drug-likeness (QED) is 0.917. The maximum absolute atomic E-state index is 12.6. The molecule has 0 unspecified atom stereocenters. The van der Waals surface area contributed by atoms with E-state index < -0.39 is 5.97 Å². The van der Waals surface area contributed by atoms with E-state index in [4.69, 9.17) is 9.84 Å². The van der Waals surface area contributed by atoms with E-state index in [1.807, 2.05) is 19.1 Å². The molecule has 0 aromatic heterocycles. The smallest absolute Gasteiger partial charge is 0.306 e. The maximum Gasteiger partial charge on any atom is 0.306 e. The maximum atomic E-state index is 12.6. The molecule has 1 heterocycles. The summed E-state index contributed by atoms with van der Waals surface area (Å²) in [5.74, 6) is 0.271. The summed E-state index contributed by atoms with van der Waals surface area (Å²) in [5, 5.41) is 8.95. The number of carbonyl (C=O) groups excluding carboxylic acids is 1. The molecule has 1 saturated heterocycles. The second-order valence-electron chi connectivity index (χ2n) is 5.97. The minimum atomic E-state index is -0.703. The normalized spacial score (nSPS) is 24.4. The average molecular weight is 289 g/mol. The van der Waals surface area contributed by atoms with E-state index in [1.54, 1.807) is 18.1 Å². The summed E-state index contributed by atoms with van der Waals surface area (Å²) in [5.41, 5.74) is 1.52. The molecule has 1 N–H and O–H groups in total. The van der Waals surface area contributed by atoms with Gasteiger partial charge in [0.25, 0.3) is 5.91 Å². The third kappa shape index (κ3) is 2.37. The van der Waals surface area contributed by atoms with Gasteiger partial charge in [-0.3, -0.25) is 9.59 Å². The number of carbonyl (C=O) groups is 2. The molecule has 1 aromatic rings. The Hall–Kier alpha value is -2.04. The third-order valence-electron chi connectivity index (χ3n) is 4.63. The predicted octanol–water partition coefficient (Wildman–Crippen LogP) is 1.80. The van der Waals surface area contributed by atoms with Crippen LogP contribution in [0.4, 0.5) is 0 Å². The van der Waals surface area contributed by atoms with Gasteiger partial charge >= 0.3 is 5.97 Å². The first-order valence-corrected chi connectivity index (χ1v) is 7.18. The van der Waals surface area contributed by atoms with Gasteiger partial charge in [-0.2, -0.15) is 0 Å². The number of aliphatic carboxylic acids is 1. The van der Waals surface area contributed by atoms with Crippen molar-refractivity contribution in [3.63, 3.8) is 0 Å². The molecule has 0 bridgehead atoms. The van der Waals surface area contributed by atoms with Gasteiger partial charge in [0.2, 0.25) is 0 Å². The SMILES string of the molecule is COc1cccc(C)c1C(=O)N1CC([C@@H]2C[C@H]2C(=O)O)C1. The van der Waals surface area contributed by atoms with E-state index in [0.717, 1.165) is 12.0 Å². The van der Waals surface area contributed by atoms with Gasteiger partial charge in [-0.05, 0) is 36.8 Å². The molecule has 5 nitrogen and oxygen atoms in total. The number of benzene rings is 1. The van der Waals surface area contributed by atoms with Crippen LogP contribution in [0.2, 0.25) is 0 Å². The Kier molecular flexibility index (Phi) is 3.35. The van der Waals surface area contributed by atoms with E-state index in [0.29, 0.717) is 30.3 Å². The molecule has 3 rings (SSSR count). The van der Waals surface area contributed by atoms with Crippen molar-refractivity contribution in [2.24, 2.45) is 17.8 Å². The molecule has 2 atom stereocenters. The standard InChI is InChI=1S/C16H19NO4/c1-9-4-3-5-13(21-2)14(9)15(18)17-7-10(8-17)11-6-12(11)16(19)20/h3-5,10-12H,6-8H2,1-2H3,(H,19,20)/t11-,12+/m0/s1. The molecular formula is C16H19NO4. The molecule has 1 aliphatic carbocycles. The molecule has 2 fully saturated rings. The van der Waals surface area contributed by atoms with Crippen LogP contribution in [0.25, 0.3) is 0 Å². The number of aryl methyl sites for hydroxylation is 1. The number of likely N-dealkylation sites (tertiary alicyclic amines) is 1. The summed E-state index contributed by atoms with van der Waals surface area (Å²) in [7, 11) is 1.56. The predicted molar refractivity (Wildman–Crippen MR) is 76.4 cm³/mol. The number of ether oxygens (including phenoxy) is 1. The molecule has 1 aliphatic heterocycles. The first kappa shape index (κ1) is 13.9. The lowest BCUT2D eigenvalue weighted by Gasteiger charge is -2.40. The highest BCUT2D eigenvalue weighted by Gasteiger charge is 2.52. The van der Waals surface area contributed by atoms with Crippen LogP contribution in [0.15, 0.2) is 18.2 Å². The van der Waals surface area contributed by atoms with E-state index in [1.165, 1.54) is 0 Å². The summed E-state index contributed by atoms with van der Waals surface area (Å²) < 4.78 is 5.28. The van der Waals surface area contributed by atoms with E-state index in [9.17, 15) is 9.59 Å². The summed E-state index contributed by atoms with van der Waals surface area (Å²) in [6.45, 7) is 3.21. The third-order valence-corrected chi connectivity index (χ3v) is 4.63. The molecule has 5 heteroatoms. The van der Waals surface area contributed by atoms with E-state index >= 15 is 0 Å². The van der Waals surface area contributed by atoms with Gasteiger partial charge in [-0.25, -0.2) is 0 Å². The van der Waals surface area contributed by atoms with Crippen LogP contribution < -0.4 is 4.74 Å². The molecule has 2 aliphatic rings. The summed E-state index contributed by atoms with van der Waals surface area (Å²) in [4.78, 5) is 25.2. The van der Waals surface area contributed by atoms with Crippen molar-refractivity contribution in [1.82, 2.24) is 4.90 Å². The molecule has 1 amide bonds. The van der Waals surface area contributed by atoms with Gasteiger partial charge in [-0.15, -0.1) is 0 Å². The van der Waals surface area contributed by atoms with Crippen LogP contribution in [0.5, 0.6) is 5.75 Å². The van der Waals surface area contributed by atoms with Crippen LogP contribution >= 0.6 is 0 Å². The van der Waals surface area contributed by atoms with Gasteiger partial charge in [-0.1, -0.05) is 12.1 Å². The second kappa shape index (κ2) is 5.06. The number of hydrogen-bond acceptors (Lipinski definition) is 3. The van der Waals surface area contributed by atoms with Gasteiger partial charge in [0.15, 0.2) is 0 Å². The minimum Gasteiger partial charge on any atom is -0.496 e. The van der Waals surface area contributed by atoms with E-state index in [-0.39, 0.29) is 17.7 Å². The number of nitrogens with zero attached hydrogens (tertiary/aromatic N) is 1. The Balaban J connectivity index is 1.65. The molecule has 112 valence electrons. The lowest BCUT2D eigenvalue weighted by Crippen LogP contribution is -2.51. The second-order valence-corrected chi connectivity index (χ2v) is 5.97. The topological polar surface area (TPSA) is 66.8 Å². The van der Waals surface area contributed by atoms with Crippen molar-refractivity contribution in [1.29, 1.82) is 0 Å². The highest BCUT2D eigenvalue weighted by Crippen LogP contribution is 2.48. The number of carboxylic acids is 1. The Morgan fingerprint density at radius 1 is 1.33 bits per heavy atom. The summed E-state index contributed by atoms with van der Waals surface area (Å²) >= 11 is 0. The van der Waals surface area contributed by atoms with Gasteiger partial charge in [0.05, 0.1) is 18.6 Å². The molecular weight excluding hydrogens is 270 g/mol. The minimum absolute atomic E-state index is 0.0197. The fourth-order valence-corrected chi connectivity index (χ4v) is 3.21. The first-order valence-electron chi connectivity index (χ1n) is 7.18. The first-order chi connectivity index (χ1) is 10.0. The molecule has 0 spiro atoms. The highest BCUT2D eigenvalue weighted by atomic mass is 16.5. The van der Waals surface area contributed by atoms with Crippen molar-refractivity contribution in [2.75, 3.05) is 20.2 Å². The number of rotatable bonds is 4. The lowest BCUT2D eigenvalue weighted by atomic mass is 9.92. The Bertz CT molecular complexity index is 592. The van der Waals surface area contributed by atoms with Crippen molar-refractivity contribution in [2.45, 2.75) is 13.3 Å². The Labute approximate surface area is 123 Å². The molecule has 0 radical (unpaired) electrons. The van der Waals surface area contributed by atoms with Gasteiger partial charge in [0.1, 0.15) is 5.75 Å². The summed E-state index contributed by atoms with van der Waals surface area (Å²) in [6.07, 6.45) is 0.760. The molecule has 1 saturated carbocycles. The zero-order valence-corrected chi connectivity index (χ0v) is 12.2. The fraction of sp³-hybridized carbons (Fsp3) is 0.500. The van der Waals surface area contributed by atoms with Crippen molar-refractivity contribution < 1.29 is 19.4 Å². The van der Waals surface area contributed by atoms with Crippen LogP contribution in [-0.2, 0) is 4.79 Å². The fourth-order valence-electron chi connectivity index (χ4n) is 3.21. The van der Waals surface area contributed by atoms with Crippen LogP contribution in [0.3, 0.4) is 0 Å². The number of amides is 1. The Morgan fingerprint density at radius 2 is 2.05 bits per heavy atom. The zero-order chi connectivity index (χ0) is 15.1. The average Bonchev–Trinajstić information content (AvgIpc) is 3.16. The van der Waals surface area contributed by atoms with E-state index in [2.05, 4.69) is 0 Å². The van der Waals surface area contributed by atoms with Gasteiger partial charge < -0.3 is 14.7 Å². The molecule has 1 aromatic carbocycles. The lowest BCUT2D eigenvalue weighted by molar-refractivity contribution is -0.139. The largest absolute Gasteiger partial charge is 0.496 e. The summed E-state index contributed by atoms with van der Waals surface area (Å²) in [6, 6.07) is 5.55. The number of hydrogen-bond donors (Lipinski definition) is 1. The Morgan fingerprint density at radius 3 is 2.62 bits per heavy atom. The van der Waals surface area contributed by atoms with Crippen LogP contribution in [-0.4, -0.2) is 42.1 Å². The monoisotopic (exact) mass is 289 g/mol. The van der Waals surface area contributed by atoms with Crippen molar-refractivity contribution in [3.05, 3.63) is 29.3 Å².